The van der Waals surface area contributed by atoms with Gasteiger partial charge in [0, 0.05) is 12.1 Å². The summed E-state index contributed by atoms with van der Waals surface area (Å²) in [6.45, 7) is 6.75. The fraction of sp³-hybridized carbons (Fsp3) is 1.00. The first-order valence-corrected chi connectivity index (χ1v) is 4.88. The molecular formula is C9H21N3. The van der Waals surface area contributed by atoms with E-state index in [0.717, 1.165) is 0 Å². The Kier molecular flexibility index (Phi) is 3.98. The minimum atomic E-state index is 0.532. The van der Waals surface area contributed by atoms with Crippen LogP contribution >= 0.6 is 0 Å². The SMILES string of the molecule is CC(C)NNC1CCN(C)CC1. The molecule has 1 fully saturated rings. The third kappa shape index (κ3) is 3.52. The van der Waals surface area contributed by atoms with E-state index in [9.17, 15) is 0 Å². The molecule has 0 amide bonds. The van der Waals surface area contributed by atoms with Crippen molar-refractivity contribution in [1.29, 1.82) is 0 Å². The standard InChI is InChI=1S/C9H21N3/c1-8(2)10-11-9-4-6-12(3)7-5-9/h8-11H,4-7H2,1-3H3. The predicted molar refractivity (Wildman–Crippen MR) is 51.9 cm³/mol. The van der Waals surface area contributed by atoms with Gasteiger partial charge in [-0.15, -0.1) is 0 Å². The number of piperidine rings is 1. The van der Waals surface area contributed by atoms with E-state index in [4.69, 9.17) is 0 Å². The Hall–Kier alpha value is -0.120. The van der Waals surface area contributed by atoms with Gasteiger partial charge in [-0.05, 0) is 46.8 Å². The molecule has 0 aromatic carbocycles. The van der Waals surface area contributed by atoms with E-state index < -0.39 is 0 Å². The molecule has 1 heterocycles. The van der Waals surface area contributed by atoms with Gasteiger partial charge in [0.1, 0.15) is 0 Å². The number of hydrazine groups is 1. The van der Waals surface area contributed by atoms with Gasteiger partial charge in [-0.2, -0.15) is 0 Å². The molecule has 3 heteroatoms. The number of hydrogen-bond donors (Lipinski definition) is 2. The molecule has 12 heavy (non-hydrogen) atoms. The van der Waals surface area contributed by atoms with Gasteiger partial charge in [-0.25, -0.2) is 0 Å². The maximum atomic E-state index is 3.36. The lowest BCUT2D eigenvalue weighted by atomic mass is 10.1. The lowest BCUT2D eigenvalue weighted by Crippen LogP contribution is -2.48. The Morgan fingerprint density at radius 3 is 2.33 bits per heavy atom. The summed E-state index contributed by atoms with van der Waals surface area (Å²) in [5.41, 5.74) is 6.63. The van der Waals surface area contributed by atoms with E-state index in [-0.39, 0.29) is 0 Å². The molecule has 0 atom stereocenters. The highest BCUT2D eigenvalue weighted by Gasteiger charge is 2.15. The van der Waals surface area contributed by atoms with Crippen molar-refractivity contribution in [3.8, 4) is 0 Å². The summed E-state index contributed by atoms with van der Waals surface area (Å²) in [4.78, 5) is 2.38. The summed E-state index contributed by atoms with van der Waals surface area (Å²) < 4.78 is 0. The Labute approximate surface area is 75.5 Å². The van der Waals surface area contributed by atoms with Crippen molar-refractivity contribution in [3.05, 3.63) is 0 Å². The summed E-state index contributed by atoms with van der Waals surface area (Å²) in [6.07, 6.45) is 2.52. The van der Waals surface area contributed by atoms with Crippen molar-refractivity contribution in [3.63, 3.8) is 0 Å². The molecule has 0 aliphatic carbocycles. The van der Waals surface area contributed by atoms with E-state index in [1.54, 1.807) is 0 Å². The fourth-order valence-electron chi connectivity index (χ4n) is 1.44. The molecule has 0 bridgehead atoms. The van der Waals surface area contributed by atoms with Gasteiger partial charge in [0.05, 0.1) is 0 Å². The maximum absolute atomic E-state index is 3.36. The summed E-state index contributed by atoms with van der Waals surface area (Å²) >= 11 is 0. The highest BCUT2D eigenvalue weighted by Crippen LogP contribution is 2.06. The maximum Gasteiger partial charge on any atom is 0.0237 e. The van der Waals surface area contributed by atoms with Crippen molar-refractivity contribution in [2.24, 2.45) is 0 Å². The molecule has 3 nitrogen and oxygen atoms in total. The van der Waals surface area contributed by atoms with Crippen molar-refractivity contribution < 1.29 is 0 Å². The highest BCUT2D eigenvalue weighted by atomic mass is 15.4. The van der Waals surface area contributed by atoms with Gasteiger partial charge < -0.3 is 4.90 Å². The van der Waals surface area contributed by atoms with E-state index in [1.165, 1.54) is 25.9 Å². The molecular weight excluding hydrogens is 150 g/mol. The Morgan fingerprint density at radius 2 is 1.83 bits per heavy atom. The number of nitrogens with zero attached hydrogens (tertiary/aromatic N) is 1. The van der Waals surface area contributed by atoms with Crippen LogP contribution in [0.25, 0.3) is 0 Å². The van der Waals surface area contributed by atoms with Crippen LogP contribution in [0.5, 0.6) is 0 Å². The van der Waals surface area contributed by atoms with Crippen LogP contribution in [0.3, 0.4) is 0 Å². The van der Waals surface area contributed by atoms with Gasteiger partial charge in [-0.3, -0.25) is 10.9 Å². The Bertz CT molecular complexity index is 117. The first-order chi connectivity index (χ1) is 5.68. The van der Waals surface area contributed by atoms with Crippen molar-refractivity contribution >= 4 is 0 Å². The normalized spacial score (nSPS) is 22.0. The number of nitrogens with one attached hydrogen (secondary N) is 2. The van der Waals surface area contributed by atoms with Gasteiger partial charge in [-0.1, -0.05) is 0 Å². The Morgan fingerprint density at radius 1 is 1.25 bits per heavy atom. The smallest absolute Gasteiger partial charge is 0.0237 e. The predicted octanol–water partition coefficient (Wildman–Crippen LogP) is 0.583. The average Bonchev–Trinajstić information content (AvgIpc) is 2.03. The lowest BCUT2D eigenvalue weighted by molar-refractivity contribution is 0.218. The van der Waals surface area contributed by atoms with Crippen LogP contribution in [0.4, 0.5) is 0 Å². The van der Waals surface area contributed by atoms with Crippen LogP contribution < -0.4 is 10.9 Å². The van der Waals surface area contributed by atoms with Gasteiger partial charge >= 0.3 is 0 Å². The fourth-order valence-corrected chi connectivity index (χ4v) is 1.44. The minimum absolute atomic E-state index is 0.532. The monoisotopic (exact) mass is 171 g/mol. The van der Waals surface area contributed by atoms with Crippen molar-refractivity contribution in [2.75, 3.05) is 20.1 Å². The molecule has 1 rings (SSSR count). The van der Waals surface area contributed by atoms with Crippen molar-refractivity contribution in [1.82, 2.24) is 15.8 Å². The van der Waals surface area contributed by atoms with Crippen LogP contribution in [0.2, 0.25) is 0 Å². The topological polar surface area (TPSA) is 27.3 Å². The minimum Gasteiger partial charge on any atom is -0.306 e. The molecule has 0 saturated carbocycles. The van der Waals surface area contributed by atoms with Gasteiger partial charge in [0.2, 0.25) is 0 Å². The molecule has 0 unspecified atom stereocenters. The zero-order valence-electron chi connectivity index (χ0n) is 8.43. The molecule has 0 aromatic rings. The van der Waals surface area contributed by atoms with Gasteiger partial charge in [0.15, 0.2) is 0 Å². The molecule has 1 aliphatic heterocycles. The largest absolute Gasteiger partial charge is 0.306 e. The molecule has 0 radical (unpaired) electrons. The zero-order valence-corrected chi connectivity index (χ0v) is 8.43. The number of rotatable bonds is 3. The second kappa shape index (κ2) is 4.80. The molecule has 0 spiro atoms. The summed E-state index contributed by atoms with van der Waals surface area (Å²) in [6, 6.07) is 1.20. The van der Waals surface area contributed by atoms with Crippen molar-refractivity contribution in [2.45, 2.75) is 38.8 Å². The average molecular weight is 171 g/mol. The van der Waals surface area contributed by atoms with E-state index in [0.29, 0.717) is 12.1 Å². The van der Waals surface area contributed by atoms with Crippen LogP contribution in [-0.2, 0) is 0 Å². The second-order valence-corrected chi connectivity index (χ2v) is 4.02. The van der Waals surface area contributed by atoms with Crippen LogP contribution in [0.1, 0.15) is 26.7 Å². The van der Waals surface area contributed by atoms with Crippen LogP contribution in [0.15, 0.2) is 0 Å². The van der Waals surface area contributed by atoms with Gasteiger partial charge in [0.25, 0.3) is 0 Å². The number of likely N-dealkylation sites (tertiary alicyclic amines) is 1. The van der Waals surface area contributed by atoms with Crippen LogP contribution in [-0.4, -0.2) is 37.1 Å². The van der Waals surface area contributed by atoms with E-state index >= 15 is 0 Å². The third-order valence-electron chi connectivity index (χ3n) is 2.29. The summed E-state index contributed by atoms with van der Waals surface area (Å²) in [7, 11) is 2.19. The van der Waals surface area contributed by atoms with E-state index in [2.05, 4.69) is 36.6 Å². The molecule has 2 N–H and O–H groups in total. The molecule has 1 aliphatic rings. The summed E-state index contributed by atoms with van der Waals surface area (Å²) in [5, 5.41) is 0. The molecule has 0 aromatic heterocycles. The Balaban J connectivity index is 2.09. The third-order valence-corrected chi connectivity index (χ3v) is 2.29. The summed E-state index contributed by atoms with van der Waals surface area (Å²) in [5.74, 6) is 0. The lowest BCUT2D eigenvalue weighted by Gasteiger charge is -2.30. The molecule has 1 saturated heterocycles. The van der Waals surface area contributed by atoms with Crippen LogP contribution in [0, 0.1) is 0 Å². The van der Waals surface area contributed by atoms with E-state index in [1.807, 2.05) is 0 Å². The first-order valence-electron chi connectivity index (χ1n) is 4.88. The first kappa shape index (κ1) is 9.96. The molecule has 72 valence electrons. The quantitative estimate of drug-likeness (QED) is 0.608. The zero-order chi connectivity index (χ0) is 8.97. The highest BCUT2D eigenvalue weighted by molar-refractivity contribution is 4.74. The number of hydrogen-bond acceptors (Lipinski definition) is 3. The second-order valence-electron chi connectivity index (χ2n) is 4.02.